The number of carbonyl (C=O) groups excluding carboxylic acids is 1. The summed E-state index contributed by atoms with van der Waals surface area (Å²) in [5.41, 5.74) is 1.19. The minimum absolute atomic E-state index is 0.0334. The van der Waals surface area contributed by atoms with Crippen molar-refractivity contribution in [2.24, 2.45) is 4.99 Å². The first-order valence-corrected chi connectivity index (χ1v) is 8.66. The number of phenolic OH excluding ortho intramolecular Hbond substituents is 1. The molecule has 25 heavy (non-hydrogen) atoms. The van der Waals surface area contributed by atoms with E-state index in [-0.39, 0.29) is 11.7 Å². The lowest BCUT2D eigenvalue weighted by Gasteiger charge is -2.04. The van der Waals surface area contributed by atoms with Gasteiger partial charge in [0.15, 0.2) is 16.7 Å². The van der Waals surface area contributed by atoms with E-state index in [1.165, 1.54) is 24.9 Å². The second kappa shape index (κ2) is 7.39. The van der Waals surface area contributed by atoms with Crippen molar-refractivity contribution in [2.75, 3.05) is 7.11 Å². The Morgan fingerprint density at radius 3 is 2.84 bits per heavy atom. The van der Waals surface area contributed by atoms with E-state index in [4.69, 9.17) is 27.9 Å². The number of amides is 1. The number of benzene rings is 2. The summed E-state index contributed by atoms with van der Waals surface area (Å²) >= 11 is 13.3. The first kappa shape index (κ1) is 17.7. The molecule has 2 aromatic rings. The van der Waals surface area contributed by atoms with Crippen molar-refractivity contribution in [1.29, 1.82) is 0 Å². The number of hydrogen-bond donors (Lipinski definition) is 2. The molecule has 0 radical (unpaired) electrons. The van der Waals surface area contributed by atoms with Crippen LogP contribution < -0.4 is 10.1 Å². The highest BCUT2D eigenvalue weighted by Gasteiger charge is 2.24. The summed E-state index contributed by atoms with van der Waals surface area (Å²) in [6.07, 6.45) is 1.68. The van der Waals surface area contributed by atoms with Crippen LogP contribution in [0.1, 0.15) is 5.56 Å². The monoisotopic (exact) mass is 394 g/mol. The first-order chi connectivity index (χ1) is 12.0. The Labute approximate surface area is 158 Å². The molecule has 128 valence electrons. The third-order valence-corrected chi connectivity index (χ3v) is 5.02. The molecule has 1 aliphatic rings. The van der Waals surface area contributed by atoms with Crippen LogP contribution in [-0.2, 0) is 4.79 Å². The molecule has 0 aliphatic carbocycles. The van der Waals surface area contributed by atoms with Gasteiger partial charge in [0.2, 0.25) is 0 Å². The highest BCUT2D eigenvalue weighted by molar-refractivity contribution is 8.18. The third kappa shape index (κ3) is 3.92. The van der Waals surface area contributed by atoms with Gasteiger partial charge in [-0.15, -0.1) is 0 Å². The van der Waals surface area contributed by atoms with Gasteiger partial charge >= 0.3 is 0 Å². The van der Waals surface area contributed by atoms with Gasteiger partial charge in [-0.2, -0.15) is 0 Å². The van der Waals surface area contributed by atoms with Crippen LogP contribution in [0.25, 0.3) is 6.08 Å². The van der Waals surface area contributed by atoms with Gasteiger partial charge in [0.25, 0.3) is 5.91 Å². The lowest BCUT2D eigenvalue weighted by atomic mass is 10.2. The molecule has 1 fully saturated rings. The van der Waals surface area contributed by atoms with E-state index in [0.717, 1.165) is 0 Å². The Morgan fingerprint density at radius 1 is 1.28 bits per heavy atom. The standard InChI is InChI=1S/C17H12Cl2N2O3S/c1-24-13-7-9(5-6-12(13)22)8-14-16(23)21-17(25-14)20-11-4-2-3-10(18)15(11)19/h2-8,22H,1H3,(H,20,21,23)/b14-8+. The van der Waals surface area contributed by atoms with Crippen LogP contribution in [0.2, 0.25) is 10.0 Å². The average molecular weight is 395 g/mol. The smallest absolute Gasteiger partial charge is 0.264 e. The summed E-state index contributed by atoms with van der Waals surface area (Å²) in [5.74, 6) is 0.0947. The Kier molecular flexibility index (Phi) is 5.22. The van der Waals surface area contributed by atoms with Crippen LogP contribution in [0.5, 0.6) is 11.5 Å². The van der Waals surface area contributed by atoms with Gasteiger partial charge in [0.05, 0.1) is 27.7 Å². The van der Waals surface area contributed by atoms with Crippen LogP contribution in [-0.4, -0.2) is 23.3 Å². The number of amidine groups is 1. The average Bonchev–Trinajstić information content (AvgIpc) is 2.93. The Morgan fingerprint density at radius 2 is 2.08 bits per heavy atom. The van der Waals surface area contributed by atoms with E-state index in [1.54, 1.807) is 36.4 Å². The maximum atomic E-state index is 12.1. The molecule has 8 heteroatoms. The molecule has 0 spiro atoms. The van der Waals surface area contributed by atoms with Gasteiger partial charge in [-0.25, -0.2) is 4.99 Å². The molecule has 0 bridgehead atoms. The topological polar surface area (TPSA) is 70.9 Å². The normalized spacial score (nSPS) is 17.2. The summed E-state index contributed by atoms with van der Waals surface area (Å²) in [6, 6.07) is 9.93. The van der Waals surface area contributed by atoms with Crippen molar-refractivity contribution in [3.8, 4) is 11.5 Å². The Hall–Kier alpha value is -2.15. The number of aliphatic imine (C=N–C) groups is 1. The van der Waals surface area contributed by atoms with Gasteiger partial charge < -0.3 is 15.2 Å². The number of phenols is 1. The summed E-state index contributed by atoms with van der Waals surface area (Å²) in [5, 5.41) is 13.4. The first-order valence-electron chi connectivity index (χ1n) is 7.08. The van der Waals surface area contributed by atoms with E-state index in [2.05, 4.69) is 10.3 Å². The number of aromatic hydroxyl groups is 1. The van der Waals surface area contributed by atoms with Gasteiger partial charge in [-0.1, -0.05) is 35.3 Å². The number of rotatable bonds is 3. The largest absolute Gasteiger partial charge is 0.504 e. The molecule has 3 rings (SSSR count). The SMILES string of the molecule is COc1cc(/C=C2/SC(=Nc3cccc(Cl)c3Cl)NC2=O)ccc1O. The van der Waals surface area contributed by atoms with E-state index in [0.29, 0.717) is 37.1 Å². The lowest BCUT2D eigenvalue weighted by Crippen LogP contribution is -2.19. The van der Waals surface area contributed by atoms with E-state index >= 15 is 0 Å². The number of methoxy groups -OCH3 is 1. The maximum absolute atomic E-state index is 12.1. The molecule has 1 aliphatic heterocycles. The van der Waals surface area contributed by atoms with Crippen molar-refractivity contribution in [3.05, 3.63) is 56.9 Å². The van der Waals surface area contributed by atoms with Crippen LogP contribution in [0.4, 0.5) is 5.69 Å². The summed E-state index contributed by atoms with van der Waals surface area (Å²) in [7, 11) is 1.46. The van der Waals surface area contributed by atoms with E-state index in [1.807, 2.05) is 0 Å². The zero-order chi connectivity index (χ0) is 18.0. The fourth-order valence-electron chi connectivity index (χ4n) is 2.10. The molecule has 5 nitrogen and oxygen atoms in total. The number of halogens is 2. The summed E-state index contributed by atoms with van der Waals surface area (Å²) in [4.78, 5) is 16.9. The second-order valence-corrected chi connectivity index (χ2v) is 6.80. The molecule has 0 aromatic heterocycles. The Bertz CT molecular complexity index is 913. The maximum Gasteiger partial charge on any atom is 0.264 e. The molecule has 1 heterocycles. The minimum atomic E-state index is -0.269. The number of thioether (sulfide) groups is 1. The molecule has 2 aromatic carbocycles. The van der Waals surface area contributed by atoms with Crippen molar-refractivity contribution < 1.29 is 14.6 Å². The van der Waals surface area contributed by atoms with Crippen LogP contribution in [0.3, 0.4) is 0 Å². The quantitative estimate of drug-likeness (QED) is 0.746. The fraction of sp³-hybridized carbons (Fsp3) is 0.0588. The molecular weight excluding hydrogens is 383 g/mol. The van der Waals surface area contributed by atoms with Crippen LogP contribution in [0, 0.1) is 0 Å². The lowest BCUT2D eigenvalue weighted by molar-refractivity contribution is -0.115. The highest BCUT2D eigenvalue weighted by Crippen LogP contribution is 2.35. The van der Waals surface area contributed by atoms with Crippen molar-refractivity contribution in [1.82, 2.24) is 5.32 Å². The molecule has 1 amide bonds. The molecule has 1 saturated heterocycles. The zero-order valence-corrected chi connectivity index (χ0v) is 15.2. The second-order valence-electron chi connectivity index (χ2n) is 4.99. The number of hydrogen-bond acceptors (Lipinski definition) is 5. The van der Waals surface area contributed by atoms with Crippen molar-refractivity contribution in [2.45, 2.75) is 0 Å². The van der Waals surface area contributed by atoms with Gasteiger partial charge in [0, 0.05) is 0 Å². The van der Waals surface area contributed by atoms with Gasteiger partial charge in [-0.05, 0) is 47.7 Å². The molecule has 2 N–H and O–H groups in total. The number of nitrogens with zero attached hydrogens (tertiary/aromatic N) is 1. The summed E-state index contributed by atoms with van der Waals surface area (Å²) < 4.78 is 5.06. The van der Waals surface area contributed by atoms with E-state index in [9.17, 15) is 9.90 Å². The zero-order valence-electron chi connectivity index (χ0n) is 12.9. The number of ether oxygens (including phenoxy) is 1. The van der Waals surface area contributed by atoms with Crippen LogP contribution >= 0.6 is 35.0 Å². The number of carbonyl (C=O) groups is 1. The van der Waals surface area contributed by atoms with Crippen LogP contribution in [0.15, 0.2) is 46.3 Å². The van der Waals surface area contributed by atoms with Gasteiger partial charge in [0.1, 0.15) is 0 Å². The predicted octanol–water partition coefficient (Wildman–Crippen LogP) is 4.60. The minimum Gasteiger partial charge on any atom is -0.504 e. The fourth-order valence-corrected chi connectivity index (χ4v) is 3.28. The third-order valence-electron chi connectivity index (χ3n) is 3.31. The molecule has 0 atom stereocenters. The van der Waals surface area contributed by atoms with Crippen molar-refractivity contribution in [3.63, 3.8) is 0 Å². The predicted molar refractivity (Wildman–Crippen MR) is 102 cm³/mol. The summed E-state index contributed by atoms with van der Waals surface area (Å²) in [6.45, 7) is 0. The van der Waals surface area contributed by atoms with E-state index < -0.39 is 0 Å². The molecular formula is C17H12Cl2N2O3S. The molecule has 0 saturated carbocycles. The molecule has 0 unspecified atom stereocenters. The highest BCUT2D eigenvalue weighted by atomic mass is 35.5. The number of nitrogens with one attached hydrogen (secondary N) is 1. The Balaban J connectivity index is 1.87. The van der Waals surface area contributed by atoms with Crippen molar-refractivity contribution >= 4 is 57.8 Å². The van der Waals surface area contributed by atoms with Gasteiger partial charge in [-0.3, -0.25) is 4.79 Å².